The Morgan fingerprint density at radius 3 is 2.63 bits per heavy atom. The average molecular weight is 253 g/mol. The van der Waals surface area contributed by atoms with E-state index in [1.165, 1.54) is 0 Å². The topological polar surface area (TPSA) is 78.9 Å². The zero-order chi connectivity index (χ0) is 13.1. The molecule has 0 saturated carbocycles. The molecule has 19 heavy (non-hydrogen) atoms. The lowest BCUT2D eigenvalue weighted by molar-refractivity contribution is 0.427. The van der Waals surface area contributed by atoms with Gasteiger partial charge in [0, 0.05) is 6.20 Å². The lowest BCUT2D eigenvalue weighted by atomic mass is 10.3. The van der Waals surface area contributed by atoms with Crippen LogP contribution < -0.4 is 10.5 Å². The van der Waals surface area contributed by atoms with E-state index in [9.17, 15) is 0 Å². The number of aromatic nitrogens is 4. The largest absolute Gasteiger partial charge is 0.402 e. The first-order valence-corrected chi connectivity index (χ1v) is 5.68. The van der Waals surface area contributed by atoms with Crippen molar-refractivity contribution in [2.45, 2.75) is 0 Å². The molecule has 0 bridgehead atoms. The van der Waals surface area contributed by atoms with Gasteiger partial charge in [0.2, 0.25) is 5.88 Å². The van der Waals surface area contributed by atoms with Crippen molar-refractivity contribution in [2.75, 3.05) is 5.73 Å². The number of ether oxygens (including phenoxy) is 1. The van der Waals surface area contributed by atoms with Gasteiger partial charge < -0.3 is 10.5 Å². The maximum Gasteiger partial charge on any atom is 0.342 e. The molecular weight excluding hydrogens is 242 g/mol. The fraction of sp³-hybridized carbons (Fsp3) is 0. The van der Waals surface area contributed by atoms with Gasteiger partial charge in [0.25, 0.3) is 0 Å². The molecule has 0 fully saturated rings. The van der Waals surface area contributed by atoms with Crippen molar-refractivity contribution in [1.29, 1.82) is 0 Å². The van der Waals surface area contributed by atoms with Crippen LogP contribution in [0.1, 0.15) is 0 Å². The van der Waals surface area contributed by atoms with Crippen molar-refractivity contribution in [2.24, 2.45) is 0 Å². The molecule has 2 heterocycles. The summed E-state index contributed by atoms with van der Waals surface area (Å²) in [6.07, 6.45) is 3.17. The number of rotatable bonds is 3. The van der Waals surface area contributed by atoms with Crippen LogP contribution in [0.5, 0.6) is 11.9 Å². The number of pyridine rings is 1. The van der Waals surface area contributed by atoms with E-state index in [0.29, 0.717) is 11.6 Å². The first-order chi connectivity index (χ1) is 9.33. The van der Waals surface area contributed by atoms with E-state index in [0.717, 1.165) is 5.69 Å². The predicted molar refractivity (Wildman–Crippen MR) is 70.1 cm³/mol. The highest BCUT2D eigenvalue weighted by atomic mass is 16.5. The zero-order valence-electron chi connectivity index (χ0n) is 9.97. The summed E-state index contributed by atoms with van der Waals surface area (Å²) in [4.78, 5) is 8.08. The van der Waals surface area contributed by atoms with Gasteiger partial charge in [-0.3, -0.25) is 0 Å². The molecule has 6 heteroatoms. The number of nitrogen functional groups attached to an aromatic ring is 1. The van der Waals surface area contributed by atoms with E-state index >= 15 is 0 Å². The molecule has 0 aliphatic rings. The highest BCUT2D eigenvalue weighted by Gasteiger charge is 2.07. The summed E-state index contributed by atoms with van der Waals surface area (Å²) in [5, 5.41) is 4.20. The molecule has 0 atom stereocenters. The molecule has 0 amide bonds. The van der Waals surface area contributed by atoms with E-state index in [1.54, 1.807) is 29.3 Å². The molecule has 0 spiro atoms. The number of para-hydroxylation sites is 1. The van der Waals surface area contributed by atoms with Gasteiger partial charge in [-0.15, -0.1) is 5.10 Å². The average Bonchev–Trinajstić information content (AvgIpc) is 2.91. The van der Waals surface area contributed by atoms with Crippen LogP contribution in [0, 0.1) is 0 Å². The molecule has 3 aromatic rings. The normalized spacial score (nSPS) is 10.3. The molecule has 6 nitrogen and oxygen atoms in total. The van der Waals surface area contributed by atoms with Crippen LogP contribution in [0.4, 0.5) is 5.69 Å². The van der Waals surface area contributed by atoms with E-state index in [4.69, 9.17) is 10.5 Å². The van der Waals surface area contributed by atoms with Crippen molar-refractivity contribution >= 4 is 5.69 Å². The van der Waals surface area contributed by atoms with Crippen LogP contribution in [-0.4, -0.2) is 19.7 Å². The third kappa shape index (κ3) is 2.37. The van der Waals surface area contributed by atoms with Crippen molar-refractivity contribution < 1.29 is 4.74 Å². The molecule has 94 valence electrons. The number of nitrogens with zero attached hydrogens (tertiary/aromatic N) is 4. The van der Waals surface area contributed by atoms with Gasteiger partial charge in [-0.05, 0) is 24.3 Å². The second-order valence-electron chi connectivity index (χ2n) is 3.81. The second kappa shape index (κ2) is 4.77. The molecule has 0 aliphatic heterocycles. The second-order valence-corrected chi connectivity index (χ2v) is 3.81. The Hall–Kier alpha value is -2.89. The van der Waals surface area contributed by atoms with E-state index in [1.807, 2.05) is 30.3 Å². The zero-order valence-corrected chi connectivity index (χ0v) is 9.97. The van der Waals surface area contributed by atoms with Gasteiger partial charge in [0.1, 0.15) is 6.33 Å². The summed E-state index contributed by atoms with van der Waals surface area (Å²) in [7, 11) is 0. The van der Waals surface area contributed by atoms with Crippen LogP contribution in [-0.2, 0) is 0 Å². The monoisotopic (exact) mass is 253 g/mol. The summed E-state index contributed by atoms with van der Waals surface area (Å²) in [6, 6.07) is 13.3. The number of benzene rings is 1. The molecule has 0 saturated heterocycles. The predicted octanol–water partition coefficient (Wildman–Crippen LogP) is 2.04. The van der Waals surface area contributed by atoms with Gasteiger partial charge in [0.15, 0.2) is 0 Å². The van der Waals surface area contributed by atoms with Gasteiger partial charge in [-0.2, -0.15) is 4.98 Å². The van der Waals surface area contributed by atoms with E-state index in [-0.39, 0.29) is 6.01 Å². The lowest BCUT2D eigenvalue weighted by Crippen LogP contribution is -1.97. The highest BCUT2D eigenvalue weighted by molar-refractivity contribution is 5.47. The van der Waals surface area contributed by atoms with Gasteiger partial charge in [-0.25, -0.2) is 9.67 Å². The summed E-state index contributed by atoms with van der Waals surface area (Å²) < 4.78 is 7.05. The Balaban J connectivity index is 1.85. The lowest BCUT2D eigenvalue weighted by Gasteiger charge is -2.02. The van der Waals surface area contributed by atoms with Crippen LogP contribution in [0.15, 0.2) is 55.0 Å². The molecule has 0 unspecified atom stereocenters. The fourth-order valence-electron chi connectivity index (χ4n) is 1.57. The highest BCUT2D eigenvalue weighted by Crippen LogP contribution is 2.21. The Morgan fingerprint density at radius 1 is 1.00 bits per heavy atom. The number of anilines is 1. The molecule has 2 N–H and O–H groups in total. The standard InChI is InChI=1S/C13H11N5O/c14-11-7-4-8-15-12(11)19-13-16-9-18(17-13)10-5-2-1-3-6-10/h1-9H,14H2. The first-order valence-electron chi connectivity index (χ1n) is 5.68. The van der Waals surface area contributed by atoms with Crippen LogP contribution >= 0.6 is 0 Å². The molecule has 0 radical (unpaired) electrons. The third-order valence-electron chi connectivity index (χ3n) is 2.48. The Kier molecular flexibility index (Phi) is 2.82. The number of nitrogens with two attached hydrogens (primary N) is 1. The minimum atomic E-state index is 0.203. The Bertz CT molecular complexity index is 680. The Labute approximate surface area is 109 Å². The molecule has 3 rings (SSSR count). The summed E-state index contributed by atoms with van der Waals surface area (Å²) >= 11 is 0. The minimum absolute atomic E-state index is 0.203. The van der Waals surface area contributed by atoms with Crippen molar-refractivity contribution in [3.05, 3.63) is 55.0 Å². The fourth-order valence-corrected chi connectivity index (χ4v) is 1.57. The summed E-state index contributed by atoms with van der Waals surface area (Å²) in [6.45, 7) is 0. The number of hydrogen-bond acceptors (Lipinski definition) is 5. The van der Waals surface area contributed by atoms with Gasteiger partial charge >= 0.3 is 6.01 Å². The molecule has 0 aliphatic carbocycles. The SMILES string of the molecule is Nc1cccnc1Oc1ncn(-c2ccccc2)n1. The minimum Gasteiger partial charge on any atom is -0.402 e. The van der Waals surface area contributed by atoms with Crippen LogP contribution in [0.25, 0.3) is 5.69 Å². The third-order valence-corrected chi connectivity index (χ3v) is 2.48. The maximum absolute atomic E-state index is 5.74. The molecular formula is C13H11N5O. The van der Waals surface area contributed by atoms with Crippen LogP contribution in [0.3, 0.4) is 0 Å². The quantitative estimate of drug-likeness (QED) is 0.772. The van der Waals surface area contributed by atoms with E-state index in [2.05, 4.69) is 15.1 Å². The number of hydrogen-bond donors (Lipinski definition) is 1. The summed E-state index contributed by atoms with van der Waals surface area (Å²) in [5.41, 5.74) is 7.08. The van der Waals surface area contributed by atoms with Gasteiger partial charge in [0.05, 0.1) is 11.4 Å². The maximum atomic E-state index is 5.74. The summed E-state index contributed by atoms with van der Waals surface area (Å²) in [5.74, 6) is 0.299. The first kappa shape index (κ1) is 11.2. The Morgan fingerprint density at radius 2 is 1.84 bits per heavy atom. The smallest absolute Gasteiger partial charge is 0.342 e. The van der Waals surface area contributed by atoms with Crippen molar-refractivity contribution in [3.8, 4) is 17.6 Å². The molecule has 2 aromatic heterocycles. The molecule has 1 aromatic carbocycles. The van der Waals surface area contributed by atoms with Crippen molar-refractivity contribution in [3.63, 3.8) is 0 Å². The van der Waals surface area contributed by atoms with Gasteiger partial charge in [-0.1, -0.05) is 18.2 Å². The van der Waals surface area contributed by atoms with Crippen molar-refractivity contribution in [1.82, 2.24) is 19.7 Å². The van der Waals surface area contributed by atoms with Crippen LogP contribution in [0.2, 0.25) is 0 Å². The van der Waals surface area contributed by atoms with E-state index < -0.39 is 0 Å².